The summed E-state index contributed by atoms with van der Waals surface area (Å²) >= 11 is 0. The third-order valence-corrected chi connectivity index (χ3v) is 3.64. The Hall–Kier alpha value is -3.53. The summed E-state index contributed by atoms with van der Waals surface area (Å²) < 4.78 is 6.23. The molecule has 0 fully saturated rings. The van der Waals surface area contributed by atoms with E-state index in [0.29, 0.717) is 11.3 Å². The number of nitriles is 1. The summed E-state index contributed by atoms with van der Waals surface area (Å²) in [6, 6.07) is 12.3. The minimum atomic E-state index is -0.598. The zero-order valence-corrected chi connectivity index (χ0v) is 12.9. The van der Waals surface area contributed by atoms with Crippen LogP contribution in [0.3, 0.4) is 0 Å². The van der Waals surface area contributed by atoms with Crippen molar-refractivity contribution in [3.8, 4) is 17.3 Å². The Bertz CT molecular complexity index is 1030. The molecule has 1 aromatic carbocycles. The van der Waals surface area contributed by atoms with Crippen LogP contribution in [-0.2, 0) is 4.74 Å². The molecule has 2 aromatic heterocycles. The zero-order valence-electron chi connectivity index (χ0n) is 12.9. The number of nitrogen functional groups attached to an aromatic ring is 1. The summed E-state index contributed by atoms with van der Waals surface area (Å²) in [5.74, 6) is -0.612. The van der Waals surface area contributed by atoms with Gasteiger partial charge in [-0.2, -0.15) is 5.26 Å². The largest absolute Gasteiger partial charge is 0.462 e. The van der Waals surface area contributed by atoms with Gasteiger partial charge in [-0.1, -0.05) is 30.3 Å². The number of benzene rings is 1. The fourth-order valence-corrected chi connectivity index (χ4v) is 2.60. The van der Waals surface area contributed by atoms with Crippen LogP contribution in [0.4, 0.5) is 5.82 Å². The summed E-state index contributed by atoms with van der Waals surface area (Å²) in [7, 11) is 0. The molecule has 2 heterocycles. The number of aromatic nitrogens is 2. The zero-order chi connectivity index (χ0) is 17.3. The number of esters is 1. The maximum Gasteiger partial charge on any atom is 0.342 e. The number of H-pyrrole nitrogens is 1. The normalized spacial score (nSPS) is 10.5. The number of anilines is 1. The predicted octanol–water partition coefficient (Wildman–Crippen LogP) is 1.93. The molecular weight excluding hydrogens is 308 g/mol. The molecule has 0 aliphatic carbocycles. The number of ether oxygens (including phenoxy) is 1. The molecule has 0 amide bonds. The number of hydrogen-bond donors (Lipinski definition) is 2. The van der Waals surface area contributed by atoms with Crippen LogP contribution in [0.5, 0.6) is 0 Å². The van der Waals surface area contributed by atoms with Gasteiger partial charge in [-0.3, -0.25) is 0 Å². The lowest BCUT2D eigenvalue weighted by Gasteiger charge is -2.11. The topological polar surface area (TPSA) is 113 Å². The van der Waals surface area contributed by atoms with Crippen molar-refractivity contribution in [1.29, 1.82) is 5.26 Å². The number of nitrogens with two attached hydrogens (primary N) is 1. The number of hydrogen-bond acceptors (Lipinski definition) is 5. The Morgan fingerprint density at radius 3 is 2.71 bits per heavy atom. The van der Waals surface area contributed by atoms with E-state index in [-0.39, 0.29) is 29.1 Å². The average Bonchev–Trinajstić information content (AvgIpc) is 2.92. The maximum atomic E-state index is 12.5. The second-order valence-electron chi connectivity index (χ2n) is 5.04. The van der Waals surface area contributed by atoms with Crippen molar-refractivity contribution in [2.24, 2.45) is 0 Å². The van der Waals surface area contributed by atoms with E-state index in [1.54, 1.807) is 31.2 Å². The van der Waals surface area contributed by atoms with Gasteiger partial charge in [-0.15, -0.1) is 0 Å². The van der Waals surface area contributed by atoms with Crippen molar-refractivity contribution >= 4 is 17.3 Å². The number of carbonyl (C=O) groups excluding carboxylic acids is 1. The van der Waals surface area contributed by atoms with Gasteiger partial charge < -0.3 is 15.5 Å². The molecule has 0 unspecified atom stereocenters. The van der Waals surface area contributed by atoms with Crippen LogP contribution in [-0.4, -0.2) is 22.0 Å². The summed E-state index contributed by atoms with van der Waals surface area (Å²) in [4.78, 5) is 27.6. The molecule has 0 saturated carbocycles. The van der Waals surface area contributed by atoms with Crippen LogP contribution in [0.25, 0.3) is 16.8 Å². The first-order valence-electron chi connectivity index (χ1n) is 7.28. The first-order chi connectivity index (χ1) is 11.6. The number of carbonyl (C=O) groups is 1. The molecule has 0 aliphatic rings. The van der Waals surface area contributed by atoms with Gasteiger partial charge in [0.25, 0.3) is 0 Å². The Balaban J connectivity index is 2.45. The number of aromatic amines is 1. The van der Waals surface area contributed by atoms with Crippen molar-refractivity contribution in [2.45, 2.75) is 6.92 Å². The number of fused-ring (bicyclic) bond motifs is 1. The SMILES string of the molecule is CCOC(=O)c1c(-c2ccccc2)[nH]c(=O)n2c(N)c(C#N)cc12. The van der Waals surface area contributed by atoms with E-state index in [1.165, 1.54) is 6.07 Å². The van der Waals surface area contributed by atoms with Crippen LogP contribution < -0.4 is 11.4 Å². The van der Waals surface area contributed by atoms with E-state index in [9.17, 15) is 9.59 Å². The summed E-state index contributed by atoms with van der Waals surface area (Å²) in [6.45, 7) is 1.87. The standard InChI is InChI=1S/C17H14N4O3/c1-2-24-16(22)13-12-8-11(9-18)15(19)21(12)17(23)20-14(13)10-6-4-3-5-7-10/h3-8H,2,19H2,1H3,(H,20,23). The van der Waals surface area contributed by atoms with Crippen molar-refractivity contribution in [2.75, 3.05) is 12.3 Å². The summed E-state index contributed by atoms with van der Waals surface area (Å²) in [6.07, 6.45) is 0. The Morgan fingerprint density at radius 2 is 2.08 bits per heavy atom. The molecule has 0 aliphatic heterocycles. The lowest BCUT2D eigenvalue weighted by atomic mass is 10.1. The molecule has 0 radical (unpaired) electrons. The smallest absolute Gasteiger partial charge is 0.342 e. The second kappa shape index (κ2) is 5.93. The van der Waals surface area contributed by atoms with Gasteiger partial charge in [0.05, 0.1) is 23.4 Å². The highest BCUT2D eigenvalue weighted by Gasteiger charge is 2.23. The van der Waals surface area contributed by atoms with Crippen LogP contribution in [0.2, 0.25) is 0 Å². The molecule has 7 heteroatoms. The van der Waals surface area contributed by atoms with Crippen molar-refractivity contribution in [3.63, 3.8) is 0 Å². The van der Waals surface area contributed by atoms with E-state index in [1.807, 2.05) is 12.1 Å². The molecule has 0 atom stereocenters. The van der Waals surface area contributed by atoms with Gasteiger partial charge in [0.1, 0.15) is 17.5 Å². The fraction of sp³-hybridized carbons (Fsp3) is 0.118. The molecule has 3 N–H and O–H groups in total. The highest BCUT2D eigenvalue weighted by atomic mass is 16.5. The van der Waals surface area contributed by atoms with E-state index >= 15 is 0 Å². The second-order valence-corrected chi connectivity index (χ2v) is 5.04. The third-order valence-electron chi connectivity index (χ3n) is 3.64. The first-order valence-corrected chi connectivity index (χ1v) is 7.28. The van der Waals surface area contributed by atoms with Crippen molar-refractivity contribution in [3.05, 3.63) is 58.0 Å². The number of nitrogens with zero attached hydrogens (tertiary/aromatic N) is 2. The highest BCUT2D eigenvalue weighted by molar-refractivity contribution is 6.03. The van der Waals surface area contributed by atoms with Gasteiger partial charge in [0.15, 0.2) is 0 Å². The third kappa shape index (κ3) is 2.30. The van der Waals surface area contributed by atoms with Crippen LogP contribution in [0, 0.1) is 11.3 Å². The average molecular weight is 322 g/mol. The van der Waals surface area contributed by atoms with Crippen molar-refractivity contribution < 1.29 is 9.53 Å². The lowest BCUT2D eigenvalue weighted by molar-refractivity contribution is 0.0528. The van der Waals surface area contributed by atoms with Crippen LogP contribution in [0.15, 0.2) is 41.2 Å². The Labute approximate surface area is 136 Å². The van der Waals surface area contributed by atoms with Gasteiger partial charge in [-0.05, 0) is 18.6 Å². The van der Waals surface area contributed by atoms with E-state index < -0.39 is 11.7 Å². The van der Waals surface area contributed by atoms with Crippen LogP contribution in [0.1, 0.15) is 22.8 Å². The highest BCUT2D eigenvalue weighted by Crippen LogP contribution is 2.27. The minimum absolute atomic E-state index is 0.0149. The number of nitrogens with one attached hydrogen (secondary N) is 1. The quantitative estimate of drug-likeness (QED) is 0.715. The minimum Gasteiger partial charge on any atom is -0.462 e. The van der Waals surface area contributed by atoms with E-state index in [4.69, 9.17) is 15.7 Å². The van der Waals surface area contributed by atoms with Gasteiger partial charge in [-0.25, -0.2) is 14.0 Å². The Kier molecular flexibility index (Phi) is 3.80. The maximum absolute atomic E-state index is 12.5. The fourth-order valence-electron chi connectivity index (χ4n) is 2.60. The molecule has 0 spiro atoms. The lowest BCUT2D eigenvalue weighted by Crippen LogP contribution is -2.22. The number of rotatable bonds is 3. The van der Waals surface area contributed by atoms with Gasteiger partial charge >= 0.3 is 11.7 Å². The molecule has 3 aromatic rings. The van der Waals surface area contributed by atoms with Gasteiger partial charge in [0, 0.05) is 0 Å². The van der Waals surface area contributed by atoms with E-state index in [2.05, 4.69) is 4.98 Å². The first kappa shape index (κ1) is 15.4. The molecule has 7 nitrogen and oxygen atoms in total. The Morgan fingerprint density at radius 1 is 1.38 bits per heavy atom. The van der Waals surface area contributed by atoms with E-state index in [0.717, 1.165) is 4.40 Å². The molecule has 0 bridgehead atoms. The summed E-state index contributed by atoms with van der Waals surface area (Å²) in [5.41, 5.74) is 6.82. The molecule has 0 saturated heterocycles. The predicted molar refractivity (Wildman–Crippen MR) is 88.5 cm³/mol. The molecule has 3 rings (SSSR count). The molecule has 24 heavy (non-hydrogen) atoms. The molecular formula is C17H14N4O3. The van der Waals surface area contributed by atoms with Crippen molar-refractivity contribution in [1.82, 2.24) is 9.38 Å². The summed E-state index contributed by atoms with van der Waals surface area (Å²) in [5, 5.41) is 9.16. The van der Waals surface area contributed by atoms with Crippen LogP contribution >= 0.6 is 0 Å². The van der Waals surface area contributed by atoms with Gasteiger partial charge in [0.2, 0.25) is 0 Å². The monoisotopic (exact) mass is 322 g/mol. The molecule has 120 valence electrons.